The second-order valence-electron chi connectivity index (χ2n) is 5.28. The van der Waals surface area contributed by atoms with Crippen LogP contribution < -0.4 is 5.32 Å². The highest BCUT2D eigenvalue weighted by molar-refractivity contribution is 6.30. The molecule has 128 valence electrons. The number of ether oxygens (including phenoxy) is 1. The fraction of sp³-hybridized carbons (Fsp3) is 0.312. The van der Waals surface area contributed by atoms with Gasteiger partial charge in [-0.3, -0.25) is 0 Å². The first-order valence-corrected chi connectivity index (χ1v) is 7.64. The van der Waals surface area contributed by atoms with E-state index in [1.807, 2.05) is 13.8 Å². The maximum absolute atomic E-state index is 12.5. The molecule has 0 bridgehead atoms. The number of rotatable bonds is 5. The zero-order chi connectivity index (χ0) is 17.7. The lowest BCUT2D eigenvalue weighted by Gasteiger charge is -2.25. The fourth-order valence-corrected chi connectivity index (χ4v) is 2.07. The molecule has 0 saturated carbocycles. The summed E-state index contributed by atoms with van der Waals surface area (Å²) in [5.41, 5.74) is 0.687. The van der Waals surface area contributed by atoms with Gasteiger partial charge in [-0.15, -0.1) is 0 Å². The number of hydrogen-bond donors (Lipinski definition) is 1. The quantitative estimate of drug-likeness (QED) is 0.832. The van der Waals surface area contributed by atoms with E-state index >= 15 is 0 Å². The highest BCUT2D eigenvalue weighted by Crippen LogP contribution is 2.16. The van der Waals surface area contributed by atoms with Crippen molar-refractivity contribution in [2.24, 2.45) is 0 Å². The van der Waals surface area contributed by atoms with E-state index in [1.165, 1.54) is 18.3 Å². The number of hydrogen-bond acceptors (Lipinski definition) is 5. The first kappa shape index (κ1) is 17.8. The molecule has 1 heterocycles. The van der Waals surface area contributed by atoms with Crippen molar-refractivity contribution in [1.29, 1.82) is 0 Å². The minimum Gasteiger partial charge on any atom is -0.464 e. The number of oxazole rings is 1. The molecule has 1 aromatic heterocycles. The maximum atomic E-state index is 12.5. The summed E-state index contributed by atoms with van der Waals surface area (Å²) in [5, 5.41) is 3.37. The molecule has 0 aliphatic heterocycles. The molecular weight excluding hydrogens is 334 g/mol. The van der Waals surface area contributed by atoms with Gasteiger partial charge in [-0.05, 0) is 38.1 Å². The summed E-state index contributed by atoms with van der Waals surface area (Å²) in [6.45, 7) is 3.85. The maximum Gasteiger partial charge on any atom is 0.360 e. The third-order valence-corrected chi connectivity index (χ3v) is 3.48. The summed E-state index contributed by atoms with van der Waals surface area (Å²) in [6.07, 6.45) is 1.21. The molecule has 2 amide bonds. The monoisotopic (exact) mass is 351 g/mol. The van der Waals surface area contributed by atoms with Gasteiger partial charge in [0.1, 0.15) is 6.26 Å². The van der Waals surface area contributed by atoms with Crippen LogP contribution in [-0.2, 0) is 11.3 Å². The Morgan fingerprint density at radius 3 is 2.58 bits per heavy atom. The zero-order valence-electron chi connectivity index (χ0n) is 13.6. The van der Waals surface area contributed by atoms with Gasteiger partial charge in [-0.25, -0.2) is 14.6 Å². The number of urea groups is 1. The van der Waals surface area contributed by atoms with Crippen LogP contribution >= 0.6 is 11.6 Å². The topological polar surface area (TPSA) is 84.7 Å². The Hall–Kier alpha value is -2.54. The highest BCUT2D eigenvalue weighted by Gasteiger charge is 2.21. The van der Waals surface area contributed by atoms with Crippen LogP contribution in [-0.4, -0.2) is 35.0 Å². The minimum atomic E-state index is -0.591. The van der Waals surface area contributed by atoms with E-state index in [9.17, 15) is 9.59 Å². The molecule has 8 heteroatoms. The van der Waals surface area contributed by atoms with Gasteiger partial charge in [-0.2, -0.15) is 0 Å². The van der Waals surface area contributed by atoms with Crippen LogP contribution in [0.15, 0.2) is 34.9 Å². The van der Waals surface area contributed by atoms with Crippen LogP contribution in [0, 0.1) is 0 Å². The van der Waals surface area contributed by atoms with E-state index in [0.29, 0.717) is 10.7 Å². The van der Waals surface area contributed by atoms with E-state index in [0.717, 1.165) is 0 Å². The molecule has 0 atom stereocenters. The lowest BCUT2D eigenvalue weighted by Crippen LogP contribution is -2.39. The van der Waals surface area contributed by atoms with Gasteiger partial charge in [-0.1, -0.05) is 11.6 Å². The van der Waals surface area contributed by atoms with E-state index in [4.69, 9.17) is 16.0 Å². The van der Waals surface area contributed by atoms with Crippen molar-refractivity contribution in [3.63, 3.8) is 0 Å². The van der Waals surface area contributed by atoms with E-state index < -0.39 is 5.97 Å². The summed E-state index contributed by atoms with van der Waals surface area (Å²) in [6, 6.07) is 6.37. The van der Waals surface area contributed by atoms with Gasteiger partial charge >= 0.3 is 12.0 Å². The lowest BCUT2D eigenvalue weighted by atomic mass is 10.3. The average molecular weight is 352 g/mol. The first-order chi connectivity index (χ1) is 11.4. The molecule has 0 spiro atoms. The summed E-state index contributed by atoms with van der Waals surface area (Å²) in [5.74, 6) is -0.345. The van der Waals surface area contributed by atoms with E-state index in [1.54, 1.807) is 24.3 Å². The number of nitrogens with zero attached hydrogens (tertiary/aromatic N) is 2. The molecule has 1 N–H and O–H groups in total. The summed E-state index contributed by atoms with van der Waals surface area (Å²) >= 11 is 5.83. The van der Waals surface area contributed by atoms with Crippen LogP contribution in [0.4, 0.5) is 10.5 Å². The number of benzene rings is 1. The number of aromatic nitrogens is 1. The van der Waals surface area contributed by atoms with Crippen LogP contribution in [0.1, 0.15) is 30.2 Å². The Kier molecular flexibility index (Phi) is 5.81. The standard InChI is InChI=1S/C16H18ClN3O4/c1-10(2)20(8-14-19-13(9-24-14)15(21)23-3)16(22)18-12-6-4-11(17)5-7-12/h4-7,9-10H,8H2,1-3H3,(H,18,22). The third kappa shape index (κ3) is 4.48. The molecule has 2 aromatic rings. The van der Waals surface area contributed by atoms with E-state index in [-0.39, 0.29) is 30.2 Å². The van der Waals surface area contributed by atoms with Crippen LogP contribution in [0.2, 0.25) is 5.02 Å². The van der Waals surface area contributed by atoms with Crippen molar-refractivity contribution in [3.05, 3.63) is 47.1 Å². The number of esters is 1. The predicted octanol–water partition coefficient (Wildman–Crippen LogP) is 3.56. The number of halogens is 1. The van der Waals surface area contributed by atoms with Gasteiger partial charge < -0.3 is 19.4 Å². The number of carbonyl (C=O) groups is 2. The van der Waals surface area contributed by atoms with Crippen molar-refractivity contribution in [2.75, 3.05) is 12.4 Å². The Balaban J connectivity index is 2.08. The van der Waals surface area contributed by atoms with Crippen molar-refractivity contribution < 1.29 is 18.7 Å². The van der Waals surface area contributed by atoms with E-state index in [2.05, 4.69) is 15.0 Å². The van der Waals surface area contributed by atoms with Gasteiger partial charge in [0.25, 0.3) is 0 Å². The largest absolute Gasteiger partial charge is 0.464 e. The molecule has 0 unspecified atom stereocenters. The van der Waals surface area contributed by atoms with Crippen LogP contribution in [0.5, 0.6) is 0 Å². The second-order valence-corrected chi connectivity index (χ2v) is 5.71. The summed E-state index contributed by atoms with van der Waals surface area (Å²) < 4.78 is 9.81. The molecule has 0 aliphatic rings. The molecule has 1 aromatic carbocycles. The molecule has 24 heavy (non-hydrogen) atoms. The van der Waals surface area contributed by atoms with Crippen LogP contribution in [0.25, 0.3) is 0 Å². The number of methoxy groups -OCH3 is 1. The first-order valence-electron chi connectivity index (χ1n) is 7.26. The Bertz CT molecular complexity index is 712. The van der Waals surface area contributed by atoms with Crippen molar-refractivity contribution in [2.45, 2.75) is 26.4 Å². The van der Waals surface area contributed by atoms with Crippen LogP contribution in [0.3, 0.4) is 0 Å². The zero-order valence-corrected chi connectivity index (χ0v) is 14.3. The predicted molar refractivity (Wildman–Crippen MR) is 89.0 cm³/mol. The molecule has 2 rings (SSSR count). The minimum absolute atomic E-state index is 0.0642. The summed E-state index contributed by atoms with van der Waals surface area (Å²) in [4.78, 5) is 29.4. The number of carbonyl (C=O) groups excluding carboxylic acids is 2. The van der Waals surface area contributed by atoms with Gasteiger partial charge in [0.15, 0.2) is 5.69 Å². The van der Waals surface area contributed by atoms with Crippen molar-refractivity contribution in [1.82, 2.24) is 9.88 Å². The molecular formula is C16H18ClN3O4. The van der Waals surface area contributed by atoms with Gasteiger partial charge in [0.05, 0.1) is 13.7 Å². The Labute approximate surface area is 144 Å². The SMILES string of the molecule is COC(=O)c1coc(CN(C(=O)Nc2ccc(Cl)cc2)C(C)C)n1. The third-order valence-electron chi connectivity index (χ3n) is 3.23. The normalized spacial score (nSPS) is 10.5. The van der Waals surface area contributed by atoms with Crippen molar-refractivity contribution in [3.8, 4) is 0 Å². The Morgan fingerprint density at radius 1 is 1.33 bits per heavy atom. The van der Waals surface area contributed by atoms with Crippen molar-refractivity contribution >= 4 is 29.3 Å². The molecule has 0 radical (unpaired) electrons. The summed E-state index contributed by atoms with van der Waals surface area (Å²) in [7, 11) is 1.26. The number of amides is 2. The van der Waals surface area contributed by atoms with Gasteiger partial charge in [0.2, 0.25) is 5.89 Å². The fourth-order valence-electron chi connectivity index (χ4n) is 1.94. The number of nitrogens with one attached hydrogen (secondary N) is 1. The van der Waals surface area contributed by atoms with Gasteiger partial charge in [0, 0.05) is 16.8 Å². The highest BCUT2D eigenvalue weighted by atomic mass is 35.5. The molecule has 0 fully saturated rings. The average Bonchev–Trinajstić information content (AvgIpc) is 3.02. The molecule has 0 aliphatic carbocycles. The molecule has 7 nitrogen and oxygen atoms in total. The molecule has 0 saturated heterocycles. The Morgan fingerprint density at radius 2 is 2.00 bits per heavy atom. The second kappa shape index (κ2) is 7.83. The number of anilines is 1. The lowest BCUT2D eigenvalue weighted by molar-refractivity contribution is 0.0594. The smallest absolute Gasteiger partial charge is 0.360 e.